The van der Waals surface area contributed by atoms with E-state index in [-0.39, 0.29) is 17.3 Å². The summed E-state index contributed by atoms with van der Waals surface area (Å²) in [5.41, 5.74) is 1.47. The van der Waals surface area contributed by atoms with Crippen LogP contribution in [-0.4, -0.2) is 38.9 Å². The molecule has 0 unspecified atom stereocenters. The van der Waals surface area contributed by atoms with Gasteiger partial charge in [-0.2, -0.15) is 4.31 Å². The fourth-order valence-electron chi connectivity index (χ4n) is 3.30. The van der Waals surface area contributed by atoms with Crippen molar-refractivity contribution in [2.24, 2.45) is 0 Å². The summed E-state index contributed by atoms with van der Waals surface area (Å²) in [6, 6.07) is 18.1. The first-order valence-electron chi connectivity index (χ1n) is 10.8. The van der Waals surface area contributed by atoms with Crippen molar-refractivity contribution in [1.82, 2.24) is 4.31 Å². The van der Waals surface area contributed by atoms with E-state index in [0.717, 1.165) is 0 Å². The fraction of sp³-hybridized carbons (Fsp3) is 0.240. The average molecular weight is 503 g/mol. The largest absolute Gasteiger partial charge is 0.494 e. The van der Waals surface area contributed by atoms with Crippen LogP contribution in [-0.2, 0) is 16.6 Å². The van der Waals surface area contributed by atoms with Gasteiger partial charge in [0, 0.05) is 29.7 Å². The van der Waals surface area contributed by atoms with Crippen molar-refractivity contribution in [2.75, 3.05) is 25.6 Å². The van der Waals surface area contributed by atoms with Gasteiger partial charge in [0.25, 0.3) is 5.91 Å². The zero-order chi connectivity index (χ0) is 24.7. The smallest absolute Gasteiger partial charge is 0.255 e. The van der Waals surface area contributed by atoms with Crippen LogP contribution in [0.5, 0.6) is 11.5 Å². The number of halogens is 1. The van der Waals surface area contributed by atoms with E-state index in [1.807, 2.05) is 19.9 Å². The van der Waals surface area contributed by atoms with Gasteiger partial charge in [-0.05, 0) is 68.4 Å². The van der Waals surface area contributed by atoms with Crippen LogP contribution in [0.1, 0.15) is 29.8 Å². The van der Waals surface area contributed by atoms with Crippen molar-refractivity contribution >= 4 is 33.2 Å². The number of carbonyl (C=O) groups is 1. The topological polar surface area (TPSA) is 84.9 Å². The number of nitrogens with zero attached hydrogens (tertiary/aromatic N) is 1. The molecule has 0 aliphatic heterocycles. The third-order valence-corrected chi connectivity index (χ3v) is 7.04. The number of anilines is 1. The van der Waals surface area contributed by atoms with Gasteiger partial charge in [-0.1, -0.05) is 23.7 Å². The number of hydrogen-bond donors (Lipinski definition) is 1. The summed E-state index contributed by atoms with van der Waals surface area (Å²) in [4.78, 5) is 13.1. The van der Waals surface area contributed by atoms with E-state index in [4.69, 9.17) is 21.1 Å². The molecule has 0 heterocycles. The van der Waals surface area contributed by atoms with Gasteiger partial charge in [0.05, 0.1) is 23.8 Å². The molecule has 3 rings (SSSR count). The van der Waals surface area contributed by atoms with Gasteiger partial charge in [-0.15, -0.1) is 0 Å². The first-order chi connectivity index (χ1) is 16.3. The first kappa shape index (κ1) is 25.6. The Morgan fingerprint density at radius 2 is 1.59 bits per heavy atom. The Hall–Kier alpha value is -3.07. The predicted octanol–water partition coefficient (Wildman–Crippen LogP) is 5.21. The van der Waals surface area contributed by atoms with Crippen LogP contribution in [0.4, 0.5) is 5.69 Å². The molecule has 9 heteroatoms. The molecule has 0 fully saturated rings. The SMILES string of the molecule is CCOc1ccc(C(=O)Nc2ccccc2OCC)cc1CN(C)S(=O)(=O)c1ccc(Cl)cc1. The Balaban J connectivity index is 1.87. The Labute approximate surface area is 205 Å². The third-order valence-electron chi connectivity index (χ3n) is 4.97. The molecule has 0 radical (unpaired) electrons. The minimum Gasteiger partial charge on any atom is -0.494 e. The number of hydrogen-bond acceptors (Lipinski definition) is 5. The zero-order valence-corrected chi connectivity index (χ0v) is 20.8. The second-order valence-electron chi connectivity index (χ2n) is 7.35. The van der Waals surface area contributed by atoms with E-state index in [2.05, 4.69) is 5.32 Å². The van der Waals surface area contributed by atoms with E-state index in [1.165, 1.54) is 35.6 Å². The van der Waals surface area contributed by atoms with Crippen LogP contribution >= 0.6 is 11.6 Å². The van der Waals surface area contributed by atoms with Crippen LogP contribution in [0, 0.1) is 0 Å². The highest BCUT2D eigenvalue weighted by Gasteiger charge is 2.23. The van der Waals surface area contributed by atoms with Crippen LogP contribution in [0.2, 0.25) is 5.02 Å². The quantitative estimate of drug-likeness (QED) is 0.411. The van der Waals surface area contributed by atoms with Gasteiger partial charge in [-0.3, -0.25) is 4.79 Å². The van der Waals surface area contributed by atoms with E-state index >= 15 is 0 Å². The Morgan fingerprint density at radius 1 is 0.941 bits per heavy atom. The molecule has 34 heavy (non-hydrogen) atoms. The lowest BCUT2D eigenvalue weighted by Crippen LogP contribution is -2.27. The first-order valence-corrected chi connectivity index (χ1v) is 12.6. The standard InChI is InChI=1S/C25H27ClN2O5S/c1-4-32-23-15-10-18(25(29)27-22-8-6-7-9-24(22)33-5-2)16-19(23)17-28(3)34(30,31)21-13-11-20(26)12-14-21/h6-16H,4-5,17H2,1-3H3,(H,27,29). The predicted molar refractivity (Wildman–Crippen MR) is 133 cm³/mol. The molecule has 0 saturated heterocycles. The lowest BCUT2D eigenvalue weighted by molar-refractivity contribution is 0.102. The normalized spacial score (nSPS) is 11.3. The van der Waals surface area contributed by atoms with Crippen molar-refractivity contribution < 1.29 is 22.7 Å². The highest BCUT2D eigenvalue weighted by molar-refractivity contribution is 7.89. The summed E-state index contributed by atoms with van der Waals surface area (Å²) in [5, 5.41) is 3.30. The number of ether oxygens (including phenoxy) is 2. The summed E-state index contributed by atoms with van der Waals surface area (Å²) in [6.07, 6.45) is 0. The number of rotatable bonds is 10. The maximum absolute atomic E-state index is 13.0. The van der Waals surface area contributed by atoms with E-state index in [1.54, 1.807) is 36.4 Å². The highest BCUT2D eigenvalue weighted by Crippen LogP contribution is 2.27. The third kappa shape index (κ3) is 6.08. The molecular formula is C25H27ClN2O5S. The lowest BCUT2D eigenvalue weighted by atomic mass is 10.1. The maximum atomic E-state index is 13.0. The maximum Gasteiger partial charge on any atom is 0.255 e. The van der Waals surface area contributed by atoms with E-state index in [0.29, 0.717) is 46.5 Å². The van der Waals surface area contributed by atoms with E-state index < -0.39 is 10.0 Å². The van der Waals surface area contributed by atoms with Crippen molar-refractivity contribution in [1.29, 1.82) is 0 Å². The molecule has 1 amide bonds. The number of para-hydroxylation sites is 2. The van der Waals surface area contributed by atoms with Crippen LogP contribution < -0.4 is 14.8 Å². The number of benzene rings is 3. The van der Waals surface area contributed by atoms with E-state index in [9.17, 15) is 13.2 Å². The van der Waals surface area contributed by atoms with Gasteiger partial charge in [0.2, 0.25) is 10.0 Å². The van der Waals surface area contributed by atoms with Gasteiger partial charge in [0.15, 0.2) is 0 Å². The summed E-state index contributed by atoms with van der Waals surface area (Å²) < 4.78 is 38.5. The second-order valence-corrected chi connectivity index (χ2v) is 9.84. The molecule has 3 aromatic carbocycles. The minimum atomic E-state index is -3.78. The summed E-state index contributed by atoms with van der Waals surface area (Å²) in [7, 11) is -2.30. The molecule has 0 aliphatic rings. The van der Waals surface area contributed by atoms with Crippen LogP contribution in [0.3, 0.4) is 0 Å². The van der Waals surface area contributed by atoms with Crippen molar-refractivity contribution in [3.05, 3.63) is 82.9 Å². The molecule has 0 atom stereocenters. The Bertz CT molecular complexity index is 1250. The monoisotopic (exact) mass is 502 g/mol. The van der Waals surface area contributed by atoms with Crippen LogP contribution in [0.15, 0.2) is 71.6 Å². The zero-order valence-electron chi connectivity index (χ0n) is 19.2. The molecular weight excluding hydrogens is 476 g/mol. The van der Waals surface area contributed by atoms with Crippen molar-refractivity contribution in [2.45, 2.75) is 25.3 Å². The number of amides is 1. The van der Waals surface area contributed by atoms with Gasteiger partial charge in [-0.25, -0.2) is 8.42 Å². The second kappa shape index (κ2) is 11.4. The minimum absolute atomic E-state index is 0.0109. The van der Waals surface area contributed by atoms with Crippen molar-refractivity contribution in [3.8, 4) is 11.5 Å². The van der Waals surface area contributed by atoms with Gasteiger partial charge in [0.1, 0.15) is 11.5 Å². The lowest BCUT2D eigenvalue weighted by Gasteiger charge is -2.20. The molecule has 0 spiro atoms. The van der Waals surface area contributed by atoms with Crippen LogP contribution in [0.25, 0.3) is 0 Å². The summed E-state index contributed by atoms with van der Waals surface area (Å²) in [6.45, 7) is 4.58. The molecule has 0 saturated carbocycles. The van der Waals surface area contributed by atoms with Gasteiger partial charge >= 0.3 is 0 Å². The average Bonchev–Trinajstić information content (AvgIpc) is 2.82. The molecule has 1 N–H and O–H groups in total. The molecule has 7 nitrogen and oxygen atoms in total. The van der Waals surface area contributed by atoms with Crippen molar-refractivity contribution in [3.63, 3.8) is 0 Å². The number of carbonyl (C=O) groups excluding carboxylic acids is 1. The molecule has 0 aromatic heterocycles. The number of nitrogens with one attached hydrogen (secondary N) is 1. The highest BCUT2D eigenvalue weighted by atomic mass is 35.5. The molecule has 3 aromatic rings. The summed E-state index contributed by atoms with van der Waals surface area (Å²) >= 11 is 5.89. The molecule has 0 aliphatic carbocycles. The summed E-state index contributed by atoms with van der Waals surface area (Å²) in [5.74, 6) is 0.727. The molecule has 180 valence electrons. The van der Waals surface area contributed by atoms with Gasteiger partial charge < -0.3 is 14.8 Å². The molecule has 0 bridgehead atoms. The Kier molecular flexibility index (Phi) is 8.55. The Morgan fingerprint density at radius 3 is 2.26 bits per heavy atom. The number of sulfonamides is 1. The fourth-order valence-corrected chi connectivity index (χ4v) is 4.57.